The van der Waals surface area contributed by atoms with E-state index in [-0.39, 0.29) is 6.10 Å². The Balaban J connectivity index is 1.67. The minimum Gasteiger partial charge on any atom is -0.387 e. The van der Waals surface area contributed by atoms with Crippen LogP contribution >= 0.6 is 0 Å². The largest absolute Gasteiger partial charge is 0.387 e. The van der Waals surface area contributed by atoms with E-state index < -0.39 is 0 Å². The molecule has 0 spiro atoms. The smallest absolute Gasteiger partial charge is 0.0947 e. The molecule has 2 unspecified atom stereocenters. The van der Waals surface area contributed by atoms with Crippen molar-refractivity contribution >= 4 is 0 Å². The van der Waals surface area contributed by atoms with E-state index >= 15 is 0 Å². The van der Waals surface area contributed by atoms with Crippen molar-refractivity contribution < 1.29 is 5.11 Å². The molecule has 1 saturated carbocycles. The molecule has 2 atom stereocenters. The van der Waals surface area contributed by atoms with Crippen LogP contribution in [0.4, 0.5) is 0 Å². The lowest BCUT2D eigenvalue weighted by Gasteiger charge is -2.43. The Labute approximate surface area is 129 Å². The highest BCUT2D eigenvalue weighted by molar-refractivity contribution is 5.32. The van der Waals surface area contributed by atoms with Gasteiger partial charge in [-0.3, -0.25) is 4.90 Å². The minimum atomic E-state index is -0.316. The molecule has 0 heterocycles. The van der Waals surface area contributed by atoms with E-state index in [4.69, 9.17) is 0 Å². The van der Waals surface area contributed by atoms with Gasteiger partial charge in [0, 0.05) is 12.1 Å². The van der Waals surface area contributed by atoms with Crippen LogP contribution < -0.4 is 0 Å². The van der Waals surface area contributed by atoms with E-state index in [1.165, 1.54) is 37.7 Å². The summed E-state index contributed by atoms with van der Waals surface area (Å²) in [6.07, 6.45) is 8.55. The van der Waals surface area contributed by atoms with Crippen molar-refractivity contribution in [3.8, 4) is 0 Å². The highest BCUT2D eigenvalue weighted by atomic mass is 16.3. The number of aryl methyl sites for hydroxylation is 1. The number of likely N-dealkylation sites (N-methyl/N-ethyl adjacent to an activating group) is 1. The van der Waals surface area contributed by atoms with Gasteiger partial charge in [0.25, 0.3) is 0 Å². The number of nitrogens with zero attached hydrogens (tertiary/aromatic N) is 1. The van der Waals surface area contributed by atoms with Crippen LogP contribution in [0.1, 0.15) is 62.7 Å². The van der Waals surface area contributed by atoms with Gasteiger partial charge in [-0.15, -0.1) is 0 Å². The Morgan fingerprint density at radius 1 is 1.10 bits per heavy atom. The zero-order valence-corrected chi connectivity index (χ0v) is 13.5. The summed E-state index contributed by atoms with van der Waals surface area (Å²) in [6, 6.07) is 9.37. The van der Waals surface area contributed by atoms with Gasteiger partial charge in [-0.25, -0.2) is 0 Å². The fourth-order valence-corrected chi connectivity index (χ4v) is 4.38. The number of rotatable bonds is 3. The van der Waals surface area contributed by atoms with Gasteiger partial charge in [0.1, 0.15) is 0 Å². The maximum Gasteiger partial charge on any atom is 0.0947 e. The van der Waals surface area contributed by atoms with E-state index in [1.54, 1.807) is 0 Å². The van der Waals surface area contributed by atoms with Crippen molar-refractivity contribution in [3.63, 3.8) is 0 Å². The third-order valence-corrected chi connectivity index (χ3v) is 5.94. The summed E-state index contributed by atoms with van der Waals surface area (Å²) in [5.74, 6) is 0.937. The summed E-state index contributed by atoms with van der Waals surface area (Å²) in [4.78, 5) is 2.49. The van der Waals surface area contributed by atoms with Crippen LogP contribution in [0.5, 0.6) is 0 Å². The summed E-state index contributed by atoms with van der Waals surface area (Å²) in [6.45, 7) is 2.32. The molecule has 0 saturated heterocycles. The molecule has 1 fully saturated rings. The van der Waals surface area contributed by atoms with Crippen molar-refractivity contribution in [1.29, 1.82) is 0 Å². The Hall–Kier alpha value is -0.860. The molecular formula is C19H29NO. The normalized spacial score (nSPS) is 33.0. The third kappa shape index (κ3) is 3.02. The molecule has 21 heavy (non-hydrogen) atoms. The quantitative estimate of drug-likeness (QED) is 0.910. The number of fused-ring (bicyclic) bond motifs is 1. The van der Waals surface area contributed by atoms with Gasteiger partial charge < -0.3 is 5.11 Å². The molecule has 1 aromatic rings. The van der Waals surface area contributed by atoms with Crippen molar-refractivity contribution in [2.24, 2.45) is 5.92 Å². The molecule has 0 aliphatic heterocycles. The number of hydrogen-bond acceptors (Lipinski definition) is 2. The molecular weight excluding hydrogens is 258 g/mol. The van der Waals surface area contributed by atoms with Gasteiger partial charge in [-0.05, 0) is 62.6 Å². The second-order valence-corrected chi connectivity index (χ2v) is 7.00. The van der Waals surface area contributed by atoms with Crippen molar-refractivity contribution in [1.82, 2.24) is 4.90 Å². The summed E-state index contributed by atoms with van der Waals surface area (Å²) in [5, 5.41) is 10.8. The Morgan fingerprint density at radius 2 is 1.81 bits per heavy atom. The molecule has 2 heteroatoms. The Bertz CT molecular complexity index is 464. The van der Waals surface area contributed by atoms with Crippen LogP contribution in [0.15, 0.2) is 24.3 Å². The lowest BCUT2D eigenvalue weighted by molar-refractivity contribution is 0.0146. The maximum atomic E-state index is 10.8. The standard InChI is InChI=1S/C19H29NO/c1-3-14-8-11-16(12-9-14)20(2)18-13-10-15-6-4-5-7-17(15)19(18)21/h4-7,14,16,18-19,21H,3,8-13H2,1-2H3. The molecule has 2 nitrogen and oxygen atoms in total. The van der Waals surface area contributed by atoms with Crippen molar-refractivity contribution in [2.45, 2.75) is 70.1 Å². The fraction of sp³-hybridized carbons (Fsp3) is 0.684. The van der Waals surface area contributed by atoms with Crippen LogP contribution in [0.3, 0.4) is 0 Å². The average Bonchev–Trinajstić information content (AvgIpc) is 2.55. The Kier molecular flexibility index (Phi) is 4.66. The van der Waals surface area contributed by atoms with Crippen LogP contribution in [0.25, 0.3) is 0 Å². The van der Waals surface area contributed by atoms with Crippen molar-refractivity contribution in [3.05, 3.63) is 35.4 Å². The molecule has 0 aromatic heterocycles. The highest BCUT2D eigenvalue weighted by Crippen LogP contribution is 2.36. The zero-order valence-electron chi connectivity index (χ0n) is 13.5. The van der Waals surface area contributed by atoms with Gasteiger partial charge in [0.15, 0.2) is 0 Å². The number of aliphatic hydroxyl groups is 1. The first-order chi connectivity index (χ1) is 10.2. The van der Waals surface area contributed by atoms with Crippen LogP contribution in [0.2, 0.25) is 0 Å². The molecule has 2 aliphatic rings. The molecule has 116 valence electrons. The van der Waals surface area contributed by atoms with Gasteiger partial charge in [-0.1, -0.05) is 37.6 Å². The molecule has 0 radical (unpaired) electrons. The van der Waals surface area contributed by atoms with E-state index in [9.17, 15) is 5.11 Å². The first-order valence-electron chi connectivity index (χ1n) is 8.68. The lowest BCUT2D eigenvalue weighted by Crippen LogP contribution is -2.46. The van der Waals surface area contributed by atoms with E-state index in [0.717, 1.165) is 24.3 Å². The first kappa shape index (κ1) is 15.1. The second-order valence-electron chi connectivity index (χ2n) is 7.00. The molecule has 1 N–H and O–H groups in total. The summed E-state index contributed by atoms with van der Waals surface area (Å²) >= 11 is 0. The van der Waals surface area contributed by atoms with Gasteiger partial charge in [0.05, 0.1) is 6.10 Å². The zero-order chi connectivity index (χ0) is 14.8. The number of benzene rings is 1. The highest BCUT2D eigenvalue weighted by Gasteiger charge is 2.34. The van der Waals surface area contributed by atoms with Crippen LogP contribution in [-0.2, 0) is 6.42 Å². The molecule has 0 amide bonds. The van der Waals surface area contributed by atoms with Crippen molar-refractivity contribution in [2.75, 3.05) is 7.05 Å². The first-order valence-corrected chi connectivity index (χ1v) is 8.68. The number of aliphatic hydroxyl groups excluding tert-OH is 1. The number of hydrogen-bond donors (Lipinski definition) is 1. The molecule has 2 aliphatic carbocycles. The van der Waals surface area contributed by atoms with E-state index in [2.05, 4.69) is 43.1 Å². The lowest BCUT2D eigenvalue weighted by atomic mass is 9.81. The SMILES string of the molecule is CCC1CCC(N(C)C2CCc3ccccc3C2O)CC1. The average molecular weight is 287 g/mol. The molecule has 3 rings (SSSR count). The monoisotopic (exact) mass is 287 g/mol. The Morgan fingerprint density at radius 3 is 2.52 bits per heavy atom. The predicted octanol–water partition coefficient (Wildman–Crippen LogP) is 3.94. The van der Waals surface area contributed by atoms with E-state index in [1.807, 2.05) is 0 Å². The van der Waals surface area contributed by atoms with E-state index in [0.29, 0.717) is 12.1 Å². The summed E-state index contributed by atoms with van der Waals surface area (Å²) < 4.78 is 0. The fourth-order valence-electron chi connectivity index (χ4n) is 4.38. The maximum absolute atomic E-state index is 10.8. The molecule has 0 bridgehead atoms. The topological polar surface area (TPSA) is 23.5 Å². The van der Waals surface area contributed by atoms with Gasteiger partial charge in [0.2, 0.25) is 0 Å². The van der Waals surface area contributed by atoms with Crippen LogP contribution in [0, 0.1) is 5.92 Å². The van der Waals surface area contributed by atoms with Gasteiger partial charge >= 0.3 is 0 Å². The minimum absolute atomic E-state index is 0.295. The summed E-state index contributed by atoms with van der Waals surface area (Å²) in [5.41, 5.74) is 2.49. The third-order valence-electron chi connectivity index (χ3n) is 5.94. The summed E-state index contributed by atoms with van der Waals surface area (Å²) in [7, 11) is 2.23. The molecule has 1 aromatic carbocycles. The predicted molar refractivity (Wildman–Crippen MR) is 87.3 cm³/mol. The second kappa shape index (κ2) is 6.50. The van der Waals surface area contributed by atoms with Gasteiger partial charge in [-0.2, -0.15) is 0 Å². The van der Waals surface area contributed by atoms with Crippen LogP contribution in [-0.4, -0.2) is 29.1 Å².